The van der Waals surface area contributed by atoms with E-state index in [0.29, 0.717) is 5.92 Å². The molecular weight excluding hydrogens is 180 g/mol. The molecule has 3 heteroatoms. The Morgan fingerprint density at radius 3 is 2.92 bits per heavy atom. The summed E-state index contributed by atoms with van der Waals surface area (Å²) in [5.41, 5.74) is 1.33. The fraction of sp³-hybridized carbons (Fsp3) is 0.700. The number of anilines is 1. The smallest absolute Gasteiger partial charge is 0.182 e. The maximum Gasteiger partial charge on any atom is 0.182 e. The van der Waals surface area contributed by atoms with Crippen LogP contribution in [0.3, 0.4) is 0 Å². The second-order valence-electron chi connectivity index (χ2n) is 4.03. The Labute approximate surface area is 83.4 Å². The van der Waals surface area contributed by atoms with E-state index in [1.54, 1.807) is 0 Å². The van der Waals surface area contributed by atoms with Crippen LogP contribution in [0.5, 0.6) is 0 Å². The second-order valence-corrected chi connectivity index (χ2v) is 5.06. The molecule has 2 atom stereocenters. The van der Waals surface area contributed by atoms with Gasteiger partial charge in [0.05, 0.1) is 5.69 Å². The van der Waals surface area contributed by atoms with Crippen LogP contribution in [-0.2, 0) is 6.42 Å². The summed E-state index contributed by atoms with van der Waals surface area (Å²) in [7, 11) is 1.94. The molecule has 0 aromatic carbocycles. The summed E-state index contributed by atoms with van der Waals surface area (Å²) in [6.07, 6.45) is 2.48. The van der Waals surface area contributed by atoms with Gasteiger partial charge in [0.15, 0.2) is 5.13 Å². The Hall–Kier alpha value is -0.570. The molecule has 1 N–H and O–H groups in total. The van der Waals surface area contributed by atoms with Crippen LogP contribution in [-0.4, -0.2) is 12.0 Å². The van der Waals surface area contributed by atoms with Crippen molar-refractivity contribution in [2.24, 2.45) is 5.92 Å². The summed E-state index contributed by atoms with van der Waals surface area (Å²) in [5.74, 6) is 1.51. The van der Waals surface area contributed by atoms with Gasteiger partial charge in [-0.3, -0.25) is 0 Å². The molecule has 0 amide bonds. The van der Waals surface area contributed by atoms with Gasteiger partial charge in [-0.15, -0.1) is 11.3 Å². The standard InChI is InChI=1S/C10H16N2S/c1-6-4-7(2)9-8(5-6)12-10(11-3)13-9/h6-7H,4-5H2,1-3H3,(H,11,12). The lowest BCUT2D eigenvalue weighted by Crippen LogP contribution is -2.12. The number of nitrogens with one attached hydrogen (secondary N) is 1. The number of thiazole rings is 1. The molecule has 72 valence electrons. The van der Waals surface area contributed by atoms with E-state index in [2.05, 4.69) is 24.1 Å². The Bertz CT molecular complexity index is 306. The predicted octanol–water partition coefficient (Wildman–Crippen LogP) is 2.87. The molecule has 0 fully saturated rings. The van der Waals surface area contributed by atoms with Crippen molar-refractivity contribution < 1.29 is 0 Å². The number of fused-ring (bicyclic) bond motifs is 1. The predicted molar refractivity (Wildman–Crippen MR) is 57.6 cm³/mol. The quantitative estimate of drug-likeness (QED) is 0.747. The molecule has 1 aromatic rings. The van der Waals surface area contributed by atoms with Crippen molar-refractivity contribution in [1.29, 1.82) is 0 Å². The third-order valence-electron chi connectivity index (χ3n) is 2.69. The van der Waals surface area contributed by atoms with Gasteiger partial charge < -0.3 is 5.32 Å². The molecule has 0 saturated carbocycles. The van der Waals surface area contributed by atoms with Crippen LogP contribution in [0.1, 0.15) is 36.8 Å². The van der Waals surface area contributed by atoms with Gasteiger partial charge in [0, 0.05) is 11.9 Å². The van der Waals surface area contributed by atoms with Crippen molar-refractivity contribution in [2.75, 3.05) is 12.4 Å². The minimum absolute atomic E-state index is 0.707. The lowest BCUT2D eigenvalue weighted by atomic mass is 9.86. The van der Waals surface area contributed by atoms with Gasteiger partial charge in [-0.05, 0) is 24.7 Å². The summed E-state index contributed by atoms with van der Waals surface area (Å²) in [6, 6.07) is 0. The second kappa shape index (κ2) is 3.29. The minimum atomic E-state index is 0.707. The van der Waals surface area contributed by atoms with Gasteiger partial charge in [-0.25, -0.2) is 4.98 Å². The van der Waals surface area contributed by atoms with Crippen molar-refractivity contribution >= 4 is 16.5 Å². The summed E-state index contributed by atoms with van der Waals surface area (Å²) in [6.45, 7) is 4.63. The molecule has 1 aliphatic carbocycles. The maximum absolute atomic E-state index is 4.58. The third-order valence-corrected chi connectivity index (χ3v) is 4.03. The van der Waals surface area contributed by atoms with Gasteiger partial charge >= 0.3 is 0 Å². The molecule has 13 heavy (non-hydrogen) atoms. The summed E-state index contributed by atoms with van der Waals surface area (Å²) in [5, 5.41) is 4.20. The molecule has 0 saturated heterocycles. The van der Waals surface area contributed by atoms with E-state index < -0.39 is 0 Å². The molecule has 2 rings (SSSR count). The Kier molecular flexibility index (Phi) is 2.28. The van der Waals surface area contributed by atoms with E-state index >= 15 is 0 Å². The van der Waals surface area contributed by atoms with Crippen LogP contribution in [0.15, 0.2) is 0 Å². The summed E-state index contributed by atoms with van der Waals surface area (Å²) in [4.78, 5) is 6.08. The summed E-state index contributed by atoms with van der Waals surface area (Å²) >= 11 is 1.82. The zero-order chi connectivity index (χ0) is 9.42. The number of hydrogen-bond donors (Lipinski definition) is 1. The highest BCUT2D eigenvalue weighted by atomic mass is 32.1. The minimum Gasteiger partial charge on any atom is -0.365 e. The molecule has 1 heterocycles. The van der Waals surface area contributed by atoms with Gasteiger partial charge in [0.25, 0.3) is 0 Å². The largest absolute Gasteiger partial charge is 0.365 e. The number of rotatable bonds is 1. The van der Waals surface area contributed by atoms with Gasteiger partial charge in [0.1, 0.15) is 0 Å². The van der Waals surface area contributed by atoms with Gasteiger partial charge in [-0.2, -0.15) is 0 Å². The molecule has 0 radical (unpaired) electrons. The summed E-state index contributed by atoms with van der Waals surface area (Å²) < 4.78 is 0. The van der Waals surface area contributed by atoms with Crippen LogP contribution >= 0.6 is 11.3 Å². The van der Waals surface area contributed by atoms with Crippen LogP contribution in [0.25, 0.3) is 0 Å². The van der Waals surface area contributed by atoms with Crippen LogP contribution in [0.4, 0.5) is 5.13 Å². The first-order valence-electron chi connectivity index (χ1n) is 4.88. The van der Waals surface area contributed by atoms with Crippen molar-refractivity contribution in [3.63, 3.8) is 0 Å². The molecule has 2 nitrogen and oxygen atoms in total. The van der Waals surface area contributed by atoms with Crippen LogP contribution < -0.4 is 5.32 Å². The first-order valence-corrected chi connectivity index (χ1v) is 5.69. The maximum atomic E-state index is 4.58. The molecule has 0 bridgehead atoms. The van der Waals surface area contributed by atoms with Gasteiger partial charge in [0.2, 0.25) is 0 Å². The number of hydrogen-bond acceptors (Lipinski definition) is 3. The zero-order valence-electron chi connectivity index (χ0n) is 8.42. The van der Waals surface area contributed by atoms with E-state index in [1.165, 1.54) is 17.0 Å². The molecule has 2 unspecified atom stereocenters. The fourth-order valence-corrected chi connectivity index (χ4v) is 3.14. The van der Waals surface area contributed by atoms with Crippen LogP contribution in [0, 0.1) is 5.92 Å². The molecule has 1 aliphatic rings. The third kappa shape index (κ3) is 1.57. The average molecular weight is 196 g/mol. The zero-order valence-corrected chi connectivity index (χ0v) is 9.24. The first-order chi connectivity index (χ1) is 6.20. The van der Waals surface area contributed by atoms with E-state index in [-0.39, 0.29) is 0 Å². The fourth-order valence-electron chi connectivity index (χ4n) is 2.13. The first kappa shape index (κ1) is 9.00. The Balaban J connectivity index is 2.35. The lowest BCUT2D eigenvalue weighted by Gasteiger charge is -2.22. The van der Waals surface area contributed by atoms with E-state index in [9.17, 15) is 0 Å². The van der Waals surface area contributed by atoms with Crippen molar-refractivity contribution in [1.82, 2.24) is 4.98 Å². The average Bonchev–Trinajstić information content (AvgIpc) is 2.47. The van der Waals surface area contributed by atoms with E-state index in [1.807, 2.05) is 18.4 Å². The molecule has 1 aromatic heterocycles. The molecular formula is C10H16N2S. The Morgan fingerprint density at radius 2 is 2.23 bits per heavy atom. The topological polar surface area (TPSA) is 24.9 Å². The van der Waals surface area contributed by atoms with E-state index in [0.717, 1.165) is 17.5 Å². The number of aromatic nitrogens is 1. The lowest BCUT2D eigenvalue weighted by molar-refractivity contribution is 0.450. The van der Waals surface area contributed by atoms with Crippen LogP contribution in [0.2, 0.25) is 0 Å². The monoisotopic (exact) mass is 196 g/mol. The molecule has 0 aliphatic heterocycles. The van der Waals surface area contributed by atoms with Crippen molar-refractivity contribution in [2.45, 2.75) is 32.6 Å². The highest BCUT2D eigenvalue weighted by Crippen LogP contribution is 2.39. The van der Waals surface area contributed by atoms with Crippen molar-refractivity contribution in [3.05, 3.63) is 10.6 Å². The molecule has 0 spiro atoms. The number of nitrogens with zero attached hydrogens (tertiary/aromatic N) is 1. The SMILES string of the molecule is CNc1nc2c(s1)C(C)CC(C)C2. The highest BCUT2D eigenvalue weighted by Gasteiger charge is 2.25. The van der Waals surface area contributed by atoms with E-state index in [4.69, 9.17) is 0 Å². The Morgan fingerprint density at radius 1 is 1.46 bits per heavy atom. The highest BCUT2D eigenvalue weighted by molar-refractivity contribution is 7.15. The normalized spacial score (nSPS) is 27.0. The van der Waals surface area contributed by atoms with Crippen molar-refractivity contribution in [3.8, 4) is 0 Å². The van der Waals surface area contributed by atoms with Gasteiger partial charge in [-0.1, -0.05) is 13.8 Å².